The Bertz CT molecular complexity index is 1040. The van der Waals surface area contributed by atoms with Gasteiger partial charge >= 0.3 is 0 Å². The average Bonchev–Trinajstić information content (AvgIpc) is 3.30. The highest BCUT2D eigenvalue weighted by Gasteiger charge is 2.25. The van der Waals surface area contributed by atoms with E-state index in [-0.39, 0.29) is 11.2 Å². The first kappa shape index (κ1) is 21.8. The maximum atomic E-state index is 12.8. The van der Waals surface area contributed by atoms with Crippen LogP contribution in [0.3, 0.4) is 0 Å². The average molecular weight is 419 g/mol. The molecule has 3 aromatic rings. The van der Waals surface area contributed by atoms with Crippen LogP contribution in [0.25, 0.3) is 0 Å². The lowest BCUT2D eigenvalue weighted by Gasteiger charge is -2.20. The van der Waals surface area contributed by atoms with Gasteiger partial charge in [-0.3, -0.25) is 25.2 Å². The summed E-state index contributed by atoms with van der Waals surface area (Å²) in [6.07, 6.45) is 1.37. The fraction of sp³-hybridized carbons (Fsp3) is 0.208. The van der Waals surface area contributed by atoms with Gasteiger partial charge < -0.3 is 9.73 Å². The molecule has 3 rings (SSSR count). The zero-order valence-corrected chi connectivity index (χ0v) is 17.6. The van der Waals surface area contributed by atoms with Crippen molar-refractivity contribution in [2.45, 2.75) is 32.2 Å². The Labute approximate surface area is 180 Å². The molecule has 0 aliphatic carbocycles. The Morgan fingerprint density at radius 1 is 0.806 bits per heavy atom. The van der Waals surface area contributed by atoms with E-state index in [1.807, 2.05) is 12.1 Å². The molecule has 0 spiro atoms. The number of hydrogen-bond donors (Lipinski definition) is 3. The maximum absolute atomic E-state index is 12.8. The SMILES string of the molecule is CC(C)(C)c1ccc(C(=O)NNC(=O)[C@H](NC(=O)c2ccco2)c2ccccc2)cc1. The van der Waals surface area contributed by atoms with E-state index in [1.54, 1.807) is 48.5 Å². The third kappa shape index (κ3) is 5.60. The third-order valence-corrected chi connectivity index (χ3v) is 4.73. The van der Waals surface area contributed by atoms with Gasteiger partial charge in [-0.2, -0.15) is 0 Å². The van der Waals surface area contributed by atoms with E-state index in [0.717, 1.165) is 5.56 Å². The van der Waals surface area contributed by atoms with Crippen LogP contribution in [-0.4, -0.2) is 17.7 Å². The number of nitrogens with one attached hydrogen (secondary N) is 3. The van der Waals surface area contributed by atoms with E-state index in [4.69, 9.17) is 4.42 Å². The first-order chi connectivity index (χ1) is 14.8. The largest absolute Gasteiger partial charge is 0.459 e. The maximum Gasteiger partial charge on any atom is 0.287 e. The summed E-state index contributed by atoms with van der Waals surface area (Å²) >= 11 is 0. The van der Waals surface area contributed by atoms with E-state index >= 15 is 0 Å². The molecule has 2 aromatic carbocycles. The molecule has 0 bridgehead atoms. The van der Waals surface area contributed by atoms with Crippen molar-refractivity contribution in [3.8, 4) is 0 Å². The number of furan rings is 1. The van der Waals surface area contributed by atoms with E-state index in [9.17, 15) is 14.4 Å². The number of benzene rings is 2. The molecule has 1 heterocycles. The molecule has 31 heavy (non-hydrogen) atoms. The first-order valence-electron chi connectivity index (χ1n) is 9.86. The molecule has 3 amide bonds. The predicted molar refractivity (Wildman–Crippen MR) is 116 cm³/mol. The summed E-state index contributed by atoms with van der Waals surface area (Å²) in [7, 11) is 0. The molecule has 0 fully saturated rings. The van der Waals surface area contributed by atoms with Crippen LogP contribution in [-0.2, 0) is 10.2 Å². The standard InChI is InChI=1S/C24H25N3O4/c1-24(2,3)18-13-11-17(12-14-18)21(28)26-27-23(30)20(16-8-5-4-6-9-16)25-22(29)19-10-7-15-31-19/h4-15,20H,1-3H3,(H,25,29)(H,26,28)(H,27,30)/t20-/m1/s1. The number of carbonyl (C=O) groups excluding carboxylic acids is 3. The highest BCUT2D eigenvalue weighted by atomic mass is 16.3. The van der Waals surface area contributed by atoms with Gasteiger partial charge in [-0.15, -0.1) is 0 Å². The molecule has 0 radical (unpaired) electrons. The second-order valence-electron chi connectivity index (χ2n) is 8.07. The Kier molecular flexibility index (Phi) is 6.55. The van der Waals surface area contributed by atoms with Crippen molar-refractivity contribution in [1.82, 2.24) is 16.2 Å². The minimum absolute atomic E-state index is 0.0294. The molecular formula is C24H25N3O4. The van der Waals surface area contributed by atoms with Crippen molar-refractivity contribution in [1.29, 1.82) is 0 Å². The van der Waals surface area contributed by atoms with Crippen LogP contribution in [0.2, 0.25) is 0 Å². The van der Waals surface area contributed by atoms with Gasteiger partial charge in [-0.05, 0) is 40.8 Å². The molecule has 0 saturated carbocycles. The molecule has 1 aromatic heterocycles. The second kappa shape index (κ2) is 9.30. The summed E-state index contributed by atoms with van der Waals surface area (Å²) < 4.78 is 5.09. The number of amides is 3. The zero-order chi connectivity index (χ0) is 22.4. The quantitative estimate of drug-likeness (QED) is 0.551. The van der Waals surface area contributed by atoms with Crippen LogP contribution < -0.4 is 16.2 Å². The summed E-state index contributed by atoms with van der Waals surface area (Å²) in [6.45, 7) is 6.26. The van der Waals surface area contributed by atoms with Crippen LogP contribution in [0, 0.1) is 0 Å². The Morgan fingerprint density at radius 3 is 2.06 bits per heavy atom. The molecule has 0 aliphatic heterocycles. The van der Waals surface area contributed by atoms with Crippen molar-refractivity contribution >= 4 is 17.7 Å². The normalized spacial score (nSPS) is 12.0. The third-order valence-electron chi connectivity index (χ3n) is 4.73. The molecule has 7 heteroatoms. The first-order valence-corrected chi connectivity index (χ1v) is 9.86. The summed E-state index contributed by atoms with van der Waals surface area (Å²) in [5.41, 5.74) is 6.82. The number of rotatable bonds is 5. The van der Waals surface area contributed by atoms with Crippen LogP contribution in [0.1, 0.15) is 58.9 Å². The lowest BCUT2D eigenvalue weighted by molar-refractivity contribution is -0.123. The number of hydrazine groups is 1. The number of hydrogen-bond acceptors (Lipinski definition) is 4. The molecule has 7 nitrogen and oxygen atoms in total. The van der Waals surface area contributed by atoms with E-state index in [0.29, 0.717) is 11.1 Å². The van der Waals surface area contributed by atoms with E-state index in [1.165, 1.54) is 12.3 Å². The van der Waals surface area contributed by atoms with Gasteiger partial charge in [0.05, 0.1) is 6.26 Å². The molecule has 0 unspecified atom stereocenters. The summed E-state index contributed by atoms with van der Waals surface area (Å²) in [4.78, 5) is 37.6. The zero-order valence-electron chi connectivity index (χ0n) is 17.6. The van der Waals surface area contributed by atoms with Crippen molar-refractivity contribution in [3.63, 3.8) is 0 Å². The summed E-state index contributed by atoms with van der Waals surface area (Å²) in [5, 5.41) is 2.63. The minimum atomic E-state index is -1.03. The molecular weight excluding hydrogens is 394 g/mol. The Balaban J connectivity index is 1.68. The van der Waals surface area contributed by atoms with E-state index in [2.05, 4.69) is 36.9 Å². The molecule has 1 atom stereocenters. The smallest absolute Gasteiger partial charge is 0.287 e. The molecule has 160 valence electrons. The van der Waals surface area contributed by atoms with Gasteiger partial charge in [-0.25, -0.2) is 0 Å². The lowest BCUT2D eigenvalue weighted by atomic mass is 9.87. The highest BCUT2D eigenvalue weighted by molar-refractivity contribution is 5.98. The highest BCUT2D eigenvalue weighted by Crippen LogP contribution is 2.22. The number of carbonyl (C=O) groups is 3. The second-order valence-corrected chi connectivity index (χ2v) is 8.07. The van der Waals surface area contributed by atoms with Crippen molar-refractivity contribution < 1.29 is 18.8 Å². The molecule has 3 N–H and O–H groups in total. The fourth-order valence-corrected chi connectivity index (χ4v) is 2.94. The minimum Gasteiger partial charge on any atom is -0.459 e. The molecule has 0 aliphatic rings. The van der Waals surface area contributed by atoms with Gasteiger partial charge in [-0.1, -0.05) is 63.2 Å². The van der Waals surface area contributed by atoms with Crippen LogP contribution >= 0.6 is 0 Å². The Hall–Kier alpha value is -3.87. The Morgan fingerprint density at radius 2 is 1.48 bits per heavy atom. The summed E-state index contributed by atoms with van der Waals surface area (Å²) in [5.74, 6) is -1.52. The van der Waals surface area contributed by atoms with Gasteiger partial charge in [0, 0.05) is 5.56 Å². The van der Waals surface area contributed by atoms with Crippen LogP contribution in [0.5, 0.6) is 0 Å². The topological polar surface area (TPSA) is 100 Å². The summed E-state index contributed by atoms with van der Waals surface area (Å²) in [6, 6.07) is 18.0. The van der Waals surface area contributed by atoms with E-state index < -0.39 is 23.8 Å². The van der Waals surface area contributed by atoms with Crippen molar-refractivity contribution in [3.05, 3.63) is 95.4 Å². The van der Waals surface area contributed by atoms with Crippen LogP contribution in [0.4, 0.5) is 0 Å². The van der Waals surface area contributed by atoms with Gasteiger partial charge in [0.25, 0.3) is 17.7 Å². The van der Waals surface area contributed by atoms with Gasteiger partial charge in [0.2, 0.25) is 0 Å². The van der Waals surface area contributed by atoms with Crippen molar-refractivity contribution in [2.75, 3.05) is 0 Å². The van der Waals surface area contributed by atoms with Crippen molar-refractivity contribution in [2.24, 2.45) is 0 Å². The predicted octanol–water partition coefficient (Wildman–Crippen LogP) is 3.51. The lowest BCUT2D eigenvalue weighted by Crippen LogP contribution is -2.48. The fourth-order valence-electron chi connectivity index (χ4n) is 2.94. The molecule has 0 saturated heterocycles. The van der Waals surface area contributed by atoms with Crippen LogP contribution in [0.15, 0.2) is 77.4 Å². The van der Waals surface area contributed by atoms with Gasteiger partial charge in [0.15, 0.2) is 5.76 Å². The monoisotopic (exact) mass is 419 g/mol. The van der Waals surface area contributed by atoms with Gasteiger partial charge in [0.1, 0.15) is 6.04 Å².